The monoisotopic (exact) mass is 219 g/mol. The van der Waals surface area contributed by atoms with E-state index in [4.69, 9.17) is 0 Å². The van der Waals surface area contributed by atoms with Crippen molar-refractivity contribution in [1.29, 1.82) is 0 Å². The van der Waals surface area contributed by atoms with Crippen molar-refractivity contribution < 1.29 is 9.18 Å². The molecule has 0 aliphatic rings. The molecular formula is C11H10FN3O. The summed E-state index contributed by atoms with van der Waals surface area (Å²) in [4.78, 5) is 15.4. The second-order valence-corrected chi connectivity index (χ2v) is 3.47. The van der Waals surface area contributed by atoms with Crippen LogP contribution in [-0.2, 0) is 13.5 Å². The Kier molecular flexibility index (Phi) is 2.76. The zero-order chi connectivity index (χ0) is 11.5. The second kappa shape index (κ2) is 4.22. The third kappa shape index (κ3) is 2.31. The van der Waals surface area contributed by atoms with Gasteiger partial charge < -0.3 is 0 Å². The summed E-state index contributed by atoms with van der Waals surface area (Å²) < 4.78 is 14.5. The van der Waals surface area contributed by atoms with Gasteiger partial charge in [0.2, 0.25) is 0 Å². The van der Waals surface area contributed by atoms with Gasteiger partial charge in [0.1, 0.15) is 5.82 Å². The average Bonchev–Trinajstić information content (AvgIpc) is 2.64. The number of Topliss-reactive ketones (excluding diaryl/α,β-unsaturated/α-hetero) is 1. The minimum atomic E-state index is -0.508. The van der Waals surface area contributed by atoms with Crippen molar-refractivity contribution >= 4 is 5.78 Å². The SMILES string of the molecule is Cn1ccc(CC(=O)c2cncc(F)c2)n1. The highest BCUT2D eigenvalue weighted by molar-refractivity contribution is 5.96. The Morgan fingerprint density at radius 1 is 1.50 bits per heavy atom. The fraction of sp³-hybridized carbons (Fsp3) is 0.182. The molecule has 2 heterocycles. The van der Waals surface area contributed by atoms with Crippen LogP contribution in [0.1, 0.15) is 16.1 Å². The molecule has 0 radical (unpaired) electrons. The summed E-state index contributed by atoms with van der Waals surface area (Å²) in [5.41, 5.74) is 0.933. The van der Waals surface area contributed by atoms with Crippen molar-refractivity contribution in [3.05, 3.63) is 47.8 Å². The molecular weight excluding hydrogens is 209 g/mol. The molecule has 0 amide bonds. The standard InChI is InChI=1S/C11H10FN3O/c1-15-3-2-10(14-15)5-11(16)8-4-9(12)7-13-6-8/h2-4,6-7H,5H2,1H3. The highest BCUT2D eigenvalue weighted by Crippen LogP contribution is 2.06. The van der Waals surface area contributed by atoms with E-state index in [1.807, 2.05) is 0 Å². The molecule has 0 spiro atoms. The first-order chi connectivity index (χ1) is 7.65. The molecule has 16 heavy (non-hydrogen) atoms. The molecule has 82 valence electrons. The zero-order valence-electron chi connectivity index (χ0n) is 8.72. The van der Waals surface area contributed by atoms with E-state index < -0.39 is 5.82 Å². The van der Waals surface area contributed by atoms with Crippen LogP contribution in [0.15, 0.2) is 30.7 Å². The van der Waals surface area contributed by atoms with Gasteiger partial charge >= 0.3 is 0 Å². The van der Waals surface area contributed by atoms with Crippen molar-refractivity contribution in [2.75, 3.05) is 0 Å². The van der Waals surface area contributed by atoms with E-state index in [2.05, 4.69) is 10.1 Å². The molecule has 0 unspecified atom stereocenters. The summed E-state index contributed by atoms with van der Waals surface area (Å²) in [6, 6.07) is 2.93. The third-order valence-electron chi connectivity index (χ3n) is 2.14. The van der Waals surface area contributed by atoms with Gasteiger partial charge in [-0.05, 0) is 12.1 Å². The molecule has 0 N–H and O–H groups in total. The largest absolute Gasteiger partial charge is 0.294 e. The van der Waals surface area contributed by atoms with Gasteiger partial charge in [0.25, 0.3) is 0 Å². The first kappa shape index (κ1) is 10.5. The number of carbonyl (C=O) groups is 1. The lowest BCUT2D eigenvalue weighted by atomic mass is 10.1. The molecule has 0 bridgehead atoms. The van der Waals surface area contributed by atoms with Crippen molar-refractivity contribution in [1.82, 2.24) is 14.8 Å². The van der Waals surface area contributed by atoms with Gasteiger partial charge in [-0.15, -0.1) is 0 Å². The van der Waals surface area contributed by atoms with Crippen molar-refractivity contribution in [2.24, 2.45) is 7.05 Å². The Morgan fingerprint density at radius 3 is 2.94 bits per heavy atom. The van der Waals surface area contributed by atoms with Crippen LogP contribution in [-0.4, -0.2) is 20.5 Å². The fourth-order valence-electron chi connectivity index (χ4n) is 1.39. The Balaban J connectivity index is 2.14. The number of nitrogens with zero attached hydrogens (tertiary/aromatic N) is 3. The Hall–Kier alpha value is -2.04. The normalized spacial score (nSPS) is 10.4. The maximum Gasteiger partial charge on any atom is 0.170 e. The zero-order valence-corrected chi connectivity index (χ0v) is 8.72. The van der Waals surface area contributed by atoms with E-state index in [0.717, 1.165) is 6.20 Å². The Bertz CT molecular complexity index is 521. The maximum atomic E-state index is 12.8. The van der Waals surface area contributed by atoms with Gasteiger partial charge in [-0.3, -0.25) is 14.5 Å². The lowest BCUT2D eigenvalue weighted by Crippen LogP contribution is -2.05. The van der Waals surface area contributed by atoms with Crippen LogP contribution >= 0.6 is 0 Å². The number of carbonyl (C=O) groups excluding carboxylic acids is 1. The van der Waals surface area contributed by atoms with Gasteiger partial charge in [0, 0.05) is 25.0 Å². The molecule has 0 aromatic carbocycles. The van der Waals surface area contributed by atoms with Gasteiger partial charge in [-0.25, -0.2) is 4.39 Å². The molecule has 4 nitrogen and oxygen atoms in total. The number of pyridine rings is 1. The molecule has 2 aromatic heterocycles. The van der Waals surface area contributed by atoms with Gasteiger partial charge in [-0.1, -0.05) is 0 Å². The molecule has 0 atom stereocenters. The van der Waals surface area contributed by atoms with E-state index in [9.17, 15) is 9.18 Å². The first-order valence-corrected chi connectivity index (χ1v) is 4.77. The van der Waals surface area contributed by atoms with E-state index in [1.54, 1.807) is 24.0 Å². The van der Waals surface area contributed by atoms with E-state index >= 15 is 0 Å². The smallest absolute Gasteiger partial charge is 0.170 e. The van der Waals surface area contributed by atoms with Crippen LogP contribution in [0, 0.1) is 5.82 Å². The molecule has 0 fully saturated rings. The highest BCUT2D eigenvalue weighted by atomic mass is 19.1. The minimum absolute atomic E-state index is 0.159. The fourth-order valence-corrected chi connectivity index (χ4v) is 1.39. The summed E-state index contributed by atoms with van der Waals surface area (Å²) in [6.45, 7) is 0. The number of aromatic nitrogens is 3. The quantitative estimate of drug-likeness (QED) is 0.733. The van der Waals surface area contributed by atoms with Crippen LogP contribution in [0.3, 0.4) is 0 Å². The van der Waals surface area contributed by atoms with Crippen LogP contribution in [0.25, 0.3) is 0 Å². The summed E-state index contributed by atoms with van der Waals surface area (Å²) in [5, 5.41) is 4.08. The Morgan fingerprint density at radius 2 is 2.31 bits per heavy atom. The molecule has 0 saturated carbocycles. The van der Waals surface area contributed by atoms with Gasteiger partial charge in [-0.2, -0.15) is 5.10 Å². The molecule has 0 aliphatic heterocycles. The molecule has 5 heteroatoms. The van der Waals surface area contributed by atoms with Gasteiger partial charge in [0.15, 0.2) is 5.78 Å². The first-order valence-electron chi connectivity index (χ1n) is 4.77. The average molecular weight is 219 g/mol. The summed E-state index contributed by atoms with van der Waals surface area (Å²) in [5.74, 6) is -0.697. The summed E-state index contributed by atoms with van der Waals surface area (Å²) in [6.07, 6.45) is 4.34. The maximum absolute atomic E-state index is 12.8. The van der Waals surface area contributed by atoms with Crippen LogP contribution < -0.4 is 0 Å². The number of rotatable bonds is 3. The lowest BCUT2D eigenvalue weighted by molar-refractivity contribution is 0.0991. The minimum Gasteiger partial charge on any atom is -0.294 e. The highest BCUT2D eigenvalue weighted by Gasteiger charge is 2.09. The molecule has 2 aromatic rings. The number of aryl methyl sites for hydroxylation is 1. The van der Waals surface area contributed by atoms with Crippen LogP contribution in [0.5, 0.6) is 0 Å². The number of halogens is 1. The second-order valence-electron chi connectivity index (χ2n) is 3.47. The van der Waals surface area contributed by atoms with Crippen LogP contribution in [0.2, 0.25) is 0 Å². The third-order valence-corrected chi connectivity index (χ3v) is 2.14. The van der Waals surface area contributed by atoms with E-state index in [-0.39, 0.29) is 17.8 Å². The van der Waals surface area contributed by atoms with Crippen LogP contribution in [0.4, 0.5) is 4.39 Å². The van der Waals surface area contributed by atoms with E-state index in [0.29, 0.717) is 5.69 Å². The summed E-state index contributed by atoms with van der Waals surface area (Å²) >= 11 is 0. The van der Waals surface area contributed by atoms with Crippen molar-refractivity contribution in [3.63, 3.8) is 0 Å². The number of ketones is 1. The van der Waals surface area contributed by atoms with E-state index in [1.165, 1.54) is 12.3 Å². The van der Waals surface area contributed by atoms with Gasteiger partial charge in [0.05, 0.1) is 18.3 Å². The predicted octanol–water partition coefficient (Wildman–Crippen LogP) is 1.38. The number of hydrogen-bond acceptors (Lipinski definition) is 3. The predicted molar refractivity (Wildman–Crippen MR) is 55.4 cm³/mol. The molecule has 2 rings (SSSR count). The molecule has 0 aliphatic carbocycles. The topological polar surface area (TPSA) is 47.8 Å². The Labute approximate surface area is 91.7 Å². The lowest BCUT2D eigenvalue weighted by Gasteiger charge is -1.98. The number of hydrogen-bond donors (Lipinski definition) is 0. The molecule has 0 saturated heterocycles. The van der Waals surface area contributed by atoms with Crippen molar-refractivity contribution in [2.45, 2.75) is 6.42 Å². The summed E-state index contributed by atoms with van der Waals surface area (Å²) in [7, 11) is 1.78. The van der Waals surface area contributed by atoms with Crippen molar-refractivity contribution in [3.8, 4) is 0 Å².